The molecule has 0 amide bonds. The summed E-state index contributed by atoms with van der Waals surface area (Å²) in [6.45, 7) is 0. The van der Waals surface area contributed by atoms with Gasteiger partial charge in [-0.25, -0.2) is 0 Å². The second-order valence-corrected chi connectivity index (χ2v) is 31.2. The Labute approximate surface area is 500 Å². The van der Waals surface area contributed by atoms with Gasteiger partial charge in [-0.05, 0) is 197 Å². The molecule has 0 aromatic heterocycles. The van der Waals surface area contributed by atoms with Gasteiger partial charge in [-0.3, -0.25) is 85.1 Å². The average Bonchev–Trinajstić information content (AvgIpc) is 4.47. The van der Waals surface area contributed by atoms with Crippen molar-refractivity contribution < 1.29 is 19.5 Å². The van der Waals surface area contributed by atoms with Gasteiger partial charge in [0.15, 0.2) is 0 Å². The number of rotatable bonds is 0. The van der Waals surface area contributed by atoms with Crippen LogP contribution in [0, 0.1) is 94.7 Å². The molecule has 8 saturated carbocycles. The fraction of sp³-hybridized carbons (Fsp3) is 1.00. The van der Waals surface area contributed by atoms with Gasteiger partial charge in [0.2, 0.25) is 0 Å². The van der Waals surface area contributed by atoms with Gasteiger partial charge in [0, 0.05) is 19.5 Å². The SMILES string of the molecule is C1CCC2C3NC(NC4NC(NC5NC(NC6NC(N3)C3CCCCC63)C3CCCCC53)C3CCCCC43)C2C1.C1CCC2C3NC(NC4NC(NC5NC(NC6NC(N3)C3CCCCC63)C3CCCCC53)C3CCCCC43)C2C1.[Zn]. The van der Waals surface area contributed by atoms with Crippen molar-refractivity contribution in [2.45, 2.75) is 304 Å². The van der Waals surface area contributed by atoms with Crippen molar-refractivity contribution in [3.63, 3.8) is 0 Å². The summed E-state index contributed by atoms with van der Waals surface area (Å²) in [7, 11) is 0. The summed E-state index contributed by atoms with van der Waals surface area (Å²) in [5, 5.41) is 67.6. The molecule has 10 aliphatic heterocycles. The van der Waals surface area contributed by atoms with E-state index in [9.17, 15) is 0 Å². The fourth-order valence-electron chi connectivity index (χ4n) is 23.9. The molecule has 16 atom stereocenters. The number of hydrogen-bond acceptors (Lipinski definition) is 16. The largest absolute Gasteiger partial charge is 0.286 e. The third-order valence-electron chi connectivity index (χ3n) is 27.6. The van der Waals surface area contributed by atoms with Crippen LogP contribution in [0.3, 0.4) is 0 Å². The van der Waals surface area contributed by atoms with Gasteiger partial charge in [0.05, 0.1) is 98.7 Å². The van der Waals surface area contributed by atoms with Crippen LogP contribution in [-0.4, -0.2) is 98.7 Å². The van der Waals surface area contributed by atoms with Crippen molar-refractivity contribution in [1.82, 2.24) is 85.1 Å². The van der Waals surface area contributed by atoms with E-state index < -0.39 is 0 Å². The van der Waals surface area contributed by atoms with Crippen LogP contribution in [0.4, 0.5) is 0 Å². The second-order valence-electron chi connectivity index (χ2n) is 31.2. The summed E-state index contributed by atoms with van der Waals surface area (Å²) in [4.78, 5) is 0. The summed E-state index contributed by atoms with van der Waals surface area (Å²) in [6, 6.07) is 0. The first-order chi connectivity index (χ1) is 39.6. The maximum Gasteiger partial charge on any atom is 0.0628 e. The van der Waals surface area contributed by atoms with Crippen molar-refractivity contribution in [2.24, 2.45) is 94.7 Å². The smallest absolute Gasteiger partial charge is 0.0628 e. The first-order valence-corrected chi connectivity index (χ1v) is 35.8. The molecule has 18 aliphatic rings. The van der Waals surface area contributed by atoms with Crippen LogP contribution in [0.2, 0.25) is 0 Å². The molecule has 81 heavy (non-hydrogen) atoms. The minimum absolute atomic E-state index is 0. The quantitative estimate of drug-likeness (QED) is 0.141. The molecule has 0 radical (unpaired) electrons. The van der Waals surface area contributed by atoms with E-state index in [2.05, 4.69) is 85.1 Å². The molecule has 0 aromatic rings. The van der Waals surface area contributed by atoms with Crippen LogP contribution >= 0.6 is 0 Å². The number of fused-ring (bicyclic) bond motifs is 40. The van der Waals surface area contributed by atoms with Crippen molar-refractivity contribution in [1.29, 1.82) is 0 Å². The Kier molecular flexibility index (Phi) is 16.7. The molecule has 16 N–H and O–H groups in total. The summed E-state index contributed by atoms with van der Waals surface area (Å²) in [5.74, 6) is 11.9. The molecule has 0 aromatic carbocycles. The summed E-state index contributed by atoms with van der Waals surface area (Å²) in [5.41, 5.74) is 0. The molecule has 0 spiro atoms. The van der Waals surface area contributed by atoms with E-state index in [1.54, 1.807) is 0 Å². The summed E-state index contributed by atoms with van der Waals surface area (Å²) >= 11 is 0. The molecule has 8 aliphatic carbocycles. The Morgan fingerprint density at radius 3 is 0.235 bits per heavy atom. The molecule has 450 valence electrons. The monoisotopic (exact) mass is 1170 g/mol. The maximum absolute atomic E-state index is 4.26. The van der Waals surface area contributed by atoms with E-state index in [1.165, 1.54) is 205 Å². The van der Waals surface area contributed by atoms with Gasteiger partial charge < -0.3 is 0 Å². The van der Waals surface area contributed by atoms with Crippen molar-refractivity contribution in [3.8, 4) is 0 Å². The fourth-order valence-corrected chi connectivity index (χ4v) is 23.9. The van der Waals surface area contributed by atoms with Crippen LogP contribution in [0.5, 0.6) is 0 Å². The zero-order valence-corrected chi connectivity index (χ0v) is 52.8. The van der Waals surface area contributed by atoms with Gasteiger partial charge in [0.25, 0.3) is 0 Å². The Bertz CT molecular complexity index is 1570. The van der Waals surface area contributed by atoms with E-state index in [4.69, 9.17) is 0 Å². The van der Waals surface area contributed by atoms with Crippen molar-refractivity contribution >= 4 is 0 Å². The standard InChI is InChI=1S/2C32H56N8.Zn/c2*1-2-10-18-17(9-1)25-33-26(18)38-28-21-13-5-6-14-22(21)30(35-28)40-32-24-16-8-7-15-23(24)31(36-32)39-29-20-12-4-3-11-19(20)27(34-29)37-25;/h2*17-40H,1-16H2;. The third-order valence-corrected chi connectivity index (χ3v) is 27.6. The first-order valence-electron chi connectivity index (χ1n) is 35.8. The Balaban J connectivity index is 0.000000132. The molecule has 10 heterocycles. The molecule has 16 bridgehead atoms. The second kappa shape index (κ2) is 24.1. The predicted molar refractivity (Wildman–Crippen MR) is 314 cm³/mol. The zero-order chi connectivity index (χ0) is 52.4. The van der Waals surface area contributed by atoms with E-state index >= 15 is 0 Å². The van der Waals surface area contributed by atoms with Crippen LogP contribution in [0.1, 0.15) is 205 Å². The zero-order valence-electron chi connectivity index (χ0n) is 49.8. The minimum Gasteiger partial charge on any atom is -0.286 e. The maximum atomic E-state index is 4.26. The summed E-state index contributed by atoms with van der Waals surface area (Å²) < 4.78 is 0. The van der Waals surface area contributed by atoms with Crippen LogP contribution < -0.4 is 85.1 Å². The van der Waals surface area contributed by atoms with Crippen LogP contribution in [0.25, 0.3) is 0 Å². The van der Waals surface area contributed by atoms with Gasteiger partial charge in [-0.1, -0.05) is 103 Å². The van der Waals surface area contributed by atoms with E-state index in [-0.39, 0.29) is 19.5 Å². The predicted octanol–water partition coefficient (Wildman–Crippen LogP) is 5.21. The molecular weight excluding hydrogens is 1060 g/mol. The molecule has 16 unspecified atom stereocenters. The third kappa shape index (κ3) is 10.4. The summed E-state index contributed by atoms with van der Waals surface area (Å²) in [6.07, 6.45) is 51.1. The Hall–Kier alpha value is -0.0166. The number of hydrogen-bond donors (Lipinski definition) is 16. The van der Waals surface area contributed by atoms with Gasteiger partial charge in [-0.15, -0.1) is 0 Å². The molecule has 16 nitrogen and oxygen atoms in total. The van der Waals surface area contributed by atoms with Crippen molar-refractivity contribution in [2.75, 3.05) is 0 Å². The molecule has 17 heteroatoms. The normalized spacial score (nSPS) is 56.9. The Morgan fingerprint density at radius 2 is 0.173 bits per heavy atom. The van der Waals surface area contributed by atoms with Crippen LogP contribution in [0.15, 0.2) is 0 Å². The molecule has 18 fully saturated rings. The first kappa shape index (κ1) is 56.2. The Morgan fingerprint density at radius 1 is 0.111 bits per heavy atom. The molecular formula is C64H112N16Zn. The van der Waals surface area contributed by atoms with E-state index in [0.717, 1.165) is 94.7 Å². The topological polar surface area (TPSA) is 192 Å². The minimum atomic E-state index is 0. The van der Waals surface area contributed by atoms with Crippen molar-refractivity contribution in [3.05, 3.63) is 0 Å². The van der Waals surface area contributed by atoms with E-state index in [0.29, 0.717) is 98.7 Å². The average molecular weight is 1170 g/mol. The molecule has 18 rings (SSSR count). The van der Waals surface area contributed by atoms with Crippen LogP contribution in [-0.2, 0) is 19.5 Å². The van der Waals surface area contributed by atoms with Gasteiger partial charge in [0.1, 0.15) is 0 Å². The van der Waals surface area contributed by atoms with E-state index in [1.807, 2.05) is 0 Å². The molecule has 10 saturated heterocycles. The van der Waals surface area contributed by atoms with Gasteiger partial charge >= 0.3 is 0 Å². The van der Waals surface area contributed by atoms with Gasteiger partial charge in [-0.2, -0.15) is 0 Å². The number of nitrogens with one attached hydrogen (secondary N) is 16.